The Kier molecular flexibility index (Phi) is 2.53. The quantitative estimate of drug-likeness (QED) is 0.711. The van der Waals surface area contributed by atoms with Crippen LogP contribution in [0.1, 0.15) is 53.4 Å². The van der Waals surface area contributed by atoms with Crippen LogP contribution in [-0.4, -0.2) is 10.8 Å². The number of carbonyl (C=O) groups excluding carboxylic acids is 1. The summed E-state index contributed by atoms with van der Waals surface area (Å²) in [6.45, 7) is 5.30. The first-order valence-corrected chi connectivity index (χ1v) is 7.56. The van der Waals surface area contributed by atoms with Crippen molar-refractivity contribution in [2.24, 2.45) is 0 Å². The molecule has 2 aromatic rings. The second-order valence-electron chi connectivity index (χ2n) is 6.78. The first kappa shape index (κ1) is 12.6. The third-order valence-corrected chi connectivity index (χ3v) is 4.98. The van der Waals surface area contributed by atoms with Gasteiger partial charge in [-0.25, -0.2) is 0 Å². The van der Waals surface area contributed by atoms with Gasteiger partial charge in [-0.1, -0.05) is 56.3 Å². The van der Waals surface area contributed by atoms with Gasteiger partial charge in [0.15, 0.2) is 0 Å². The highest BCUT2D eigenvalue weighted by Crippen LogP contribution is 2.46. The number of hydrogen-bond acceptors (Lipinski definition) is 1. The first-order valence-electron chi connectivity index (χ1n) is 7.56. The summed E-state index contributed by atoms with van der Waals surface area (Å²) in [5, 5.41) is 0. The molecule has 4 rings (SSSR count). The Labute approximate surface area is 125 Å². The predicted octanol–water partition coefficient (Wildman–Crippen LogP) is 4.07. The van der Waals surface area contributed by atoms with Gasteiger partial charge < -0.3 is 4.90 Å². The van der Waals surface area contributed by atoms with E-state index >= 15 is 0 Å². The maximum Gasteiger partial charge on any atom is 0.255 e. The summed E-state index contributed by atoms with van der Waals surface area (Å²) in [6, 6.07) is 16.8. The molecular formula is C19H19NO. The number of amides is 1. The SMILES string of the molecule is CC1(C)CC2c3ccccc3C(=O)N2Cc2ccccc21. The highest BCUT2D eigenvalue weighted by atomic mass is 16.2. The van der Waals surface area contributed by atoms with Crippen molar-refractivity contribution in [1.82, 2.24) is 4.90 Å². The standard InChI is InChI=1S/C19H19NO/c1-19(2)11-17-14-8-4-5-9-15(14)18(21)20(17)12-13-7-3-6-10-16(13)19/h3-10,17H,11-12H2,1-2H3. The molecule has 2 nitrogen and oxygen atoms in total. The van der Waals surface area contributed by atoms with Gasteiger partial charge in [0, 0.05) is 12.1 Å². The van der Waals surface area contributed by atoms with E-state index in [1.807, 2.05) is 18.2 Å². The molecule has 0 fully saturated rings. The fourth-order valence-electron chi connectivity index (χ4n) is 3.94. The number of benzene rings is 2. The molecule has 1 atom stereocenters. The molecule has 106 valence electrons. The second kappa shape index (κ2) is 4.20. The Balaban J connectivity index is 1.88. The first-order chi connectivity index (χ1) is 10.1. The molecule has 2 heterocycles. The molecule has 0 spiro atoms. The van der Waals surface area contributed by atoms with Crippen molar-refractivity contribution in [3.8, 4) is 0 Å². The number of nitrogens with zero attached hydrogens (tertiary/aromatic N) is 1. The Morgan fingerprint density at radius 2 is 1.76 bits per heavy atom. The van der Waals surface area contributed by atoms with Crippen molar-refractivity contribution in [2.75, 3.05) is 0 Å². The summed E-state index contributed by atoms with van der Waals surface area (Å²) in [5.74, 6) is 0.183. The monoisotopic (exact) mass is 277 g/mol. The van der Waals surface area contributed by atoms with E-state index in [0.29, 0.717) is 0 Å². The molecule has 0 saturated heterocycles. The molecule has 0 aromatic heterocycles. The lowest BCUT2D eigenvalue weighted by Gasteiger charge is -2.29. The van der Waals surface area contributed by atoms with Crippen LogP contribution in [0.5, 0.6) is 0 Å². The minimum absolute atomic E-state index is 0.0771. The van der Waals surface area contributed by atoms with Crippen molar-refractivity contribution in [3.63, 3.8) is 0 Å². The van der Waals surface area contributed by atoms with Crippen LogP contribution in [0.3, 0.4) is 0 Å². The van der Waals surface area contributed by atoms with E-state index < -0.39 is 0 Å². The van der Waals surface area contributed by atoms with Gasteiger partial charge in [0.1, 0.15) is 0 Å². The zero-order valence-corrected chi connectivity index (χ0v) is 12.5. The zero-order chi connectivity index (χ0) is 14.6. The van der Waals surface area contributed by atoms with Gasteiger partial charge in [0.2, 0.25) is 0 Å². The van der Waals surface area contributed by atoms with Gasteiger partial charge >= 0.3 is 0 Å². The van der Waals surface area contributed by atoms with Crippen LogP contribution in [-0.2, 0) is 12.0 Å². The van der Waals surface area contributed by atoms with Crippen LogP contribution in [0.4, 0.5) is 0 Å². The Bertz CT molecular complexity index is 732. The van der Waals surface area contributed by atoms with Gasteiger partial charge in [-0.2, -0.15) is 0 Å². The summed E-state index contributed by atoms with van der Waals surface area (Å²) >= 11 is 0. The average Bonchev–Trinajstić information content (AvgIpc) is 2.66. The predicted molar refractivity (Wildman–Crippen MR) is 83.1 cm³/mol. The number of hydrogen-bond donors (Lipinski definition) is 0. The molecule has 0 aliphatic carbocycles. The number of fused-ring (bicyclic) bond motifs is 4. The van der Waals surface area contributed by atoms with Gasteiger partial charge in [0.25, 0.3) is 5.91 Å². The molecular weight excluding hydrogens is 258 g/mol. The molecule has 2 heteroatoms. The fourth-order valence-corrected chi connectivity index (χ4v) is 3.94. The smallest absolute Gasteiger partial charge is 0.255 e. The molecule has 1 amide bonds. The van der Waals surface area contributed by atoms with Crippen LogP contribution in [0.15, 0.2) is 48.5 Å². The maximum atomic E-state index is 12.7. The van der Waals surface area contributed by atoms with Gasteiger partial charge in [-0.15, -0.1) is 0 Å². The van der Waals surface area contributed by atoms with E-state index in [2.05, 4.69) is 49.1 Å². The molecule has 2 aromatic carbocycles. The third kappa shape index (κ3) is 1.75. The van der Waals surface area contributed by atoms with Crippen molar-refractivity contribution in [3.05, 3.63) is 70.8 Å². The number of rotatable bonds is 0. The fraction of sp³-hybridized carbons (Fsp3) is 0.316. The van der Waals surface area contributed by atoms with Gasteiger partial charge in [-0.3, -0.25) is 4.79 Å². The topological polar surface area (TPSA) is 20.3 Å². The average molecular weight is 277 g/mol. The van der Waals surface area contributed by atoms with E-state index in [1.54, 1.807) is 0 Å². The summed E-state index contributed by atoms with van der Waals surface area (Å²) in [5.41, 5.74) is 4.82. The molecule has 0 bridgehead atoms. The molecule has 1 unspecified atom stereocenters. The van der Waals surface area contributed by atoms with Crippen LogP contribution < -0.4 is 0 Å². The largest absolute Gasteiger partial charge is 0.327 e. The van der Waals surface area contributed by atoms with Crippen molar-refractivity contribution in [1.29, 1.82) is 0 Å². The van der Waals surface area contributed by atoms with Gasteiger partial charge in [0.05, 0.1) is 6.04 Å². The maximum absolute atomic E-state index is 12.7. The molecule has 2 aliphatic rings. The lowest BCUT2D eigenvalue weighted by Crippen LogP contribution is -2.28. The van der Waals surface area contributed by atoms with E-state index in [4.69, 9.17) is 0 Å². The normalized spacial score (nSPS) is 22.3. The third-order valence-electron chi connectivity index (χ3n) is 4.98. The van der Waals surface area contributed by atoms with Gasteiger partial charge in [-0.05, 0) is 34.6 Å². The van der Waals surface area contributed by atoms with Crippen LogP contribution in [0.25, 0.3) is 0 Å². The summed E-state index contributed by atoms with van der Waals surface area (Å²) in [4.78, 5) is 14.8. The summed E-state index contributed by atoms with van der Waals surface area (Å²) in [6.07, 6.45) is 0.979. The Morgan fingerprint density at radius 1 is 1.05 bits per heavy atom. The number of carbonyl (C=O) groups is 1. The highest BCUT2D eigenvalue weighted by Gasteiger charge is 2.42. The minimum Gasteiger partial charge on any atom is -0.327 e. The second-order valence-corrected chi connectivity index (χ2v) is 6.78. The van der Waals surface area contributed by atoms with Crippen LogP contribution in [0, 0.1) is 0 Å². The molecule has 0 radical (unpaired) electrons. The summed E-state index contributed by atoms with van der Waals surface area (Å²) < 4.78 is 0. The van der Waals surface area contributed by atoms with E-state index in [9.17, 15) is 4.79 Å². The van der Waals surface area contributed by atoms with Crippen LogP contribution in [0.2, 0.25) is 0 Å². The molecule has 0 N–H and O–H groups in total. The van der Waals surface area contributed by atoms with E-state index in [0.717, 1.165) is 18.5 Å². The van der Waals surface area contributed by atoms with Crippen molar-refractivity contribution in [2.45, 2.75) is 38.3 Å². The molecule has 0 saturated carbocycles. The van der Waals surface area contributed by atoms with E-state index in [-0.39, 0.29) is 17.4 Å². The summed E-state index contributed by atoms with van der Waals surface area (Å²) in [7, 11) is 0. The molecule has 2 aliphatic heterocycles. The van der Waals surface area contributed by atoms with E-state index in [1.165, 1.54) is 16.7 Å². The lowest BCUT2D eigenvalue weighted by atomic mass is 9.77. The molecule has 21 heavy (non-hydrogen) atoms. The minimum atomic E-state index is 0.0771. The van der Waals surface area contributed by atoms with Crippen molar-refractivity contribution >= 4 is 5.91 Å². The van der Waals surface area contributed by atoms with Crippen molar-refractivity contribution < 1.29 is 4.79 Å². The van der Waals surface area contributed by atoms with Crippen LogP contribution >= 0.6 is 0 Å². The lowest BCUT2D eigenvalue weighted by molar-refractivity contribution is 0.0697. The Hall–Kier alpha value is -2.09. The highest BCUT2D eigenvalue weighted by molar-refractivity contribution is 5.99. The zero-order valence-electron chi connectivity index (χ0n) is 12.5. The Morgan fingerprint density at radius 3 is 2.62 bits per heavy atom.